The molecule has 0 saturated heterocycles. The molecule has 1 aliphatic carbocycles. The summed E-state index contributed by atoms with van der Waals surface area (Å²) in [6, 6.07) is 21.3. The number of benzene rings is 3. The molecule has 3 aromatic carbocycles. The number of carbonyl (C=O) groups is 3. The number of ether oxygens (including phenoxy) is 1. The van der Waals surface area contributed by atoms with Crippen LogP contribution in [0.25, 0.3) is 11.1 Å². The number of hydrogen-bond donors (Lipinski definition) is 3. The van der Waals surface area contributed by atoms with Crippen LogP contribution < -0.4 is 5.32 Å². The van der Waals surface area contributed by atoms with Crippen LogP contribution in [0.2, 0.25) is 0 Å². The van der Waals surface area contributed by atoms with Crippen LogP contribution in [-0.4, -0.2) is 40.9 Å². The fourth-order valence-electron chi connectivity index (χ4n) is 4.19. The van der Waals surface area contributed by atoms with Crippen LogP contribution >= 0.6 is 0 Å². The third-order valence-electron chi connectivity index (χ3n) is 5.75. The van der Waals surface area contributed by atoms with E-state index in [-0.39, 0.29) is 25.4 Å². The van der Waals surface area contributed by atoms with Gasteiger partial charge in [0.05, 0.1) is 6.42 Å². The summed E-state index contributed by atoms with van der Waals surface area (Å²) in [5.41, 5.74) is 5.64. The zero-order valence-corrected chi connectivity index (χ0v) is 17.7. The highest BCUT2D eigenvalue weighted by Crippen LogP contribution is 2.44. The lowest BCUT2D eigenvalue weighted by atomic mass is 9.98. The van der Waals surface area contributed by atoms with Crippen molar-refractivity contribution in [2.24, 2.45) is 0 Å². The average Bonchev–Trinajstić information content (AvgIpc) is 3.12. The van der Waals surface area contributed by atoms with Crippen LogP contribution in [0.15, 0.2) is 72.8 Å². The summed E-state index contributed by atoms with van der Waals surface area (Å²) in [6.07, 6.45) is -0.861. The van der Waals surface area contributed by atoms with E-state index in [1.165, 1.54) is 0 Å². The predicted molar refractivity (Wildman–Crippen MR) is 121 cm³/mol. The molecule has 0 spiro atoms. The predicted octanol–water partition coefficient (Wildman–Crippen LogP) is 3.85. The Morgan fingerprint density at radius 2 is 1.36 bits per heavy atom. The van der Waals surface area contributed by atoms with Gasteiger partial charge in [0.15, 0.2) is 0 Å². The average molecular weight is 445 g/mol. The Hall–Kier alpha value is -4.13. The maximum absolute atomic E-state index is 12.4. The van der Waals surface area contributed by atoms with Gasteiger partial charge in [0, 0.05) is 12.3 Å². The molecule has 1 aliphatic rings. The number of rotatable bonds is 8. The first-order valence-corrected chi connectivity index (χ1v) is 10.6. The summed E-state index contributed by atoms with van der Waals surface area (Å²) in [6.45, 7) is 0.0933. The first kappa shape index (κ1) is 22.1. The number of fused-ring (bicyclic) bond motifs is 3. The highest BCUT2D eigenvalue weighted by molar-refractivity contribution is 5.81. The van der Waals surface area contributed by atoms with Crippen molar-refractivity contribution in [2.45, 2.75) is 24.8 Å². The number of carboxylic acid groups (broad SMARTS) is 2. The molecule has 7 nitrogen and oxygen atoms in total. The van der Waals surface area contributed by atoms with Crippen LogP contribution in [0.3, 0.4) is 0 Å². The number of hydrogen-bond acceptors (Lipinski definition) is 4. The minimum atomic E-state index is -1.18. The Bertz CT molecular complexity index is 1140. The number of carbonyl (C=O) groups excluding carboxylic acids is 1. The van der Waals surface area contributed by atoms with Gasteiger partial charge in [0.2, 0.25) is 0 Å². The van der Waals surface area contributed by atoms with Gasteiger partial charge in [-0.05, 0) is 33.4 Å². The van der Waals surface area contributed by atoms with Gasteiger partial charge in [0.25, 0.3) is 0 Å². The normalized spacial score (nSPS) is 13.0. The smallest absolute Gasteiger partial charge is 0.407 e. The Balaban J connectivity index is 1.39. The minimum Gasteiger partial charge on any atom is -0.481 e. The van der Waals surface area contributed by atoms with Crippen LogP contribution in [-0.2, 0) is 27.2 Å². The quantitative estimate of drug-likeness (QED) is 0.486. The SMILES string of the molecule is O=C(O)Cc1ccc(CC(NC(=O)OCC2c3ccccc3-c3ccccc32)C(=O)O)cc1. The lowest BCUT2D eigenvalue weighted by molar-refractivity contribution is -0.139. The summed E-state index contributed by atoms with van der Waals surface area (Å²) in [5, 5.41) is 20.8. The second-order valence-corrected chi connectivity index (χ2v) is 7.95. The standard InChI is InChI=1S/C26H23NO6/c28-24(29)14-17-11-9-16(10-12-17)13-23(25(30)31)27-26(32)33-15-22-20-7-3-1-5-18(20)19-6-2-4-8-21(19)22/h1-12,22-23H,13-15H2,(H,27,32)(H,28,29)(H,30,31). The van der Waals surface area contributed by atoms with Crippen molar-refractivity contribution >= 4 is 18.0 Å². The van der Waals surface area contributed by atoms with E-state index in [1.54, 1.807) is 24.3 Å². The third kappa shape index (κ3) is 5.03. The number of nitrogens with one attached hydrogen (secondary N) is 1. The Morgan fingerprint density at radius 1 is 0.818 bits per heavy atom. The van der Waals surface area contributed by atoms with Crippen molar-refractivity contribution in [3.8, 4) is 11.1 Å². The van der Waals surface area contributed by atoms with Crippen molar-refractivity contribution < 1.29 is 29.3 Å². The Labute approximate surface area is 190 Å². The lowest BCUT2D eigenvalue weighted by Gasteiger charge is -2.17. The molecule has 0 heterocycles. The van der Waals surface area contributed by atoms with Gasteiger partial charge in [0.1, 0.15) is 12.6 Å². The Morgan fingerprint density at radius 3 is 1.91 bits per heavy atom. The third-order valence-corrected chi connectivity index (χ3v) is 5.75. The number of carboxylic acids is 2. The van der Waals surface area contributed by atoms with Gasteiger partial charge in [-0.3, -0.25) is 4.79 Å². The molecular weight excluding hydrogens is 422 g/mol. The van der Waals surface area contributed by atoms with Crippen molar-refractivity contribution in [3.05, 3.63) is 95.1 Å². The van der Waals surface area contributed by atoms with E-state index in [2.05, 4.69) is 5.32 Å². The molecule has 3 N–H and O–H groups in total. The maximum Gasteiger partial charge on any atom is 0.407 e. The molecule has 33 heavy (non-hydrogen) atoms. The van der Waals surface area contributed by atoms with Crippen molar-refractivity contribution in [2.75, 3.05) is 6.61 Å². The van der Waals surface area contributed by atoms with E-state index < -0.39 is 24.1 Å². The van der Waals surface area contributed by atoms with E-state index in [4.69, 9.17) is 9.84 Å². The monoisotopic (exact) mass is 445 g/mol. The molecule has 0 saturated carbocycles. The van der Waals surface area contributed by atoms with E-state index in [1.807, 2.05) is 48.5 Å². The highest BCUT2D eigenvalue weighted by atomic mass is 16.5. The second-order valence-electron chi connectivity index (χ2n) is 7.95. The molecule has 1 unspecified atom stereocenters. The highest BCUT2D eigenvalue weighted by Gasteiger charge is 2.29. The molecule has 0 aliphatic heterocycles. The van der Waals surface area contributed by atoms with Gasteiger partial charge in [-0.1, -0.05) is 72.8 Å². The fourth-order valence-corrected chi connectivity index (χ4v) is 4.19. The summed E-state index contributed by atoms with van der Waals surface area (Å²) in [5.74, 6) is -2.24. The molecule has 0 aromatic heterocycles. The molecule has 168 valence electrons. The minimum absolute atomic E-state index is 0.0485. The molecule has 1 atom stereocenters. The fraction of sp³-hybridized carbons (Fsp3) is 0.192. The van der Waals surface area contributed by atoms with Crippen LogP contribution in [0.5, 0.6) is 0 Å². The topological polar surface area (TPSA) is 113 Å². The lowest BCUT2D eigenvalue weighted by Crippen LogP contribution is -2.42. The molecule has 0 fully saturated rings. The molecule has 1 amide bonds. The summed E-state index contributed by atoms with van der Waals surface area (Å²) in [7, 11) is 0. The van der Waals surface area contributed by atoms with Gasteiger partial charge < -0.3 is 20.3 Å². The van der Waals surface area contributed by atoms with Crippen molar-refractivity contribution in [1.82, 2.24) is 5.32 Å². The van der Waals surface area contributed by atoms with Gasteiger partial charge >= 0.3 is 18.0 Å². The number of alkyl carbamates (subject to hydrolysis) is 1. The number of amides is 1. The molecule has 0 bridgehead atoms. The zero-order valence-electron chi connectivity index (χ0n) is 17.7. The van der Waals surface area contributed by atoms with Gasteiger partial charge in [-0.2, -0.15) is 0 Å². The second kappa shape index (κ2) is 9.56. The van der Waals surface area contributed by atoms with E-state index in [0.717, 1.165) is 22.3 Å². The Kier molecular flexibility index (Phi) is 6.40. The van der Waals surface area contributed by atoms with Crippen LogP contribution in [0.1, 0.15) is 28.2 Å². The molecule has 7 heteroatoms. The van der Waals surface area contributed by atoms with Gasteiger partial charge in [-0.25, -0.2) is 9.59 Å². The zero-order chi connectivity index (χ0) is 23.4. The van der Waals surface area contributed by atoms with Crippen molar-refractivity contribution in [3.63, 3.8) is 0 Å². The molecule has 4 rings (SSSR count). The van der Waals surface area contributed by atoms with E-state index in [0.29, 0.717) is 11.1 Å². The van der Waals surface area contributed by atoms with E-state index >= 15 is 0 Å². The molecular formula is C26H23NO6. The van der Waals surface area contributed by atoms with Crippen LogP contribution in [0.4, 0.5) is 4.79 Å². The van der Waals surface area contributed by atoms with E-state index in [9.17, 15) is 19.5 Å². The summed E-state index contributed by atoms with van der Waals surface area (Å²) < 4.78 is 5.44. The summed E-state index contributed by atoms with van der Waals surface area (Å²) >= 11 is 0. The summed E-state index contributed by atoms with van der Waals surface area (Å²) in [4.78, 5) is 34.9. The van der Waals surface area contributed by atoms with Crippen molar-refractivity contribution in [1.29, 1.82) is 0 Å². The van der Waals surface area contributed by atoms with Crippen LogP contribution in [0, 0.1) is 0 Å². The first-order chi connectivity index (χ1) is 15.9. The largest absolute Gasteiger partial charge is 0.481 e. The number of aliphatic carboxylic acids is 2. The first-order valence-electron chi connectivity index (χ1n) is 10.6. The molecule has 3 aromatic rings. The molecule has 0 radical (unpaired) electrons. The van der Waals surface area contributed by atoms with Gasteiger partial charge in [-0.15, -0.1) is 0 Å². The maximum atomic E-state index is 12.4.